The summed E-state index contributed by atoms with van der Waals surface area (Å²) in [5.74, 6) is -0.101. The first-order chi connectivity index (χ1) is 8.31. The predicted octanol–water partition coefficient (Wildman–Crippen LogP) is 1.89. The molecule has 4 unspecified atom stereocenters. The van der Waals surface area contributed by atoms with Gasteiger partial charge in [-0.2, -0.15) is 0 Å². The van der Waals surface area contributed by atoms with E-state index >= 15 is 0 Å². The molecule has 2 rings (SSSR count). The number of ether oxygens (including phenoxy) is 1. The summed E-state index contributed by atoms with van der Waals surface area (Å²) in [4.78, 5) is 11.3. The molecular weight excluding hydrogens is 230 g/mol. The number of rotatable bonds is 5. The summed E-state index contributed by atoms with van der Waals surface area (Å²) in [6.45, 7) is 7.06. The summed E-state index contributed by atoms with van der Waals surface area (Å²) >= 11 is 0. The van der Waals surface area contributed by atoms with Gasteiger partial charge in [-0.25, -0.2) is 0 Å². The smallest absolute Gasteiger partial charge is 0.323 e. The fraction of sp³-hybridized carbons (Fsp3) is 0.929. The first-order valence-electron chi connectivity index (χ1n) is 6.79. The fourth-order valence-corrected chi connectivity index (χ4v) is 4.28. The van der Waals surface area contributed by atoms with Crippen LogP contribution in [0.5, 0.6) is 0 Å². The van der Waals surface area contributed by atoms with Crippen LogP contribution < -0.4 is 5.32 Å². The molecule has 104 valence electrons. The molecule has 0 spiro atoms. The minimum Gasteiger partial charge on any atom is -0.480 e. The zero-order chi connectivity index (χ0) is 13.6. The summed E-state index contributed by atoms with van der Waals surface area (Å²) in [5.41, 5.74) is 0.421. The number of fused-ring (bicyclic) bond motifs is 2. The molecule has 2 saturated carbocycles. The van der Waals surface area contributed by atoms with Crippen LogP contribution in [0.1, 0.15) is 40.0 Å². The van der Waals surface area contributed by atoms with E-state index in [0.717, 1.165) is 5.92 Å². The quantitative estimate of drug-likeness (QED) is 0.787. The van der Waals surface area contributed by atoms with Gasteiger partial charge in [0.05, 0.1) is 6.61 Å². The Morgan fingerprint density at radius 1 is 1.50 bits per heavy atom. The molecule has 2 aliphatic carbocycles. The number of carbonyl (C=O) groups is 1. The van der Waals surface area contributed by atoms with Crippen molar-refractivity contribution in [1.29, 1.82) is 0 Å². The van der Waals surface area contributed by atoms with Crippen molar-refractivity contribution in [3.05, 3.63) is 0 Å². The topological polar surface area (TPSA) is 58.6 Å². The second-order valence-electron chi connectivity index (χ2n) is 6.86. The molecule has 2 aliphatic rings. The van der Waals surface area contributed by atoms with E-state index in [1.54, 1.807) is 7.11 Å². The maximum atomic E-state index is 11.3. The standard InChI is InChI=1S/C14H25NO3/c1-13(2)9-5-6-14(3,7-9)12(13)15-10(8-18-4)11(16)17/h9-10,12,15H,5-8H2,1-4H3,(H,16,17). The summed E-state index contributed by atoms with van der Waals surface area (Å²) in [6, 6.07) is -0.338. The average Bonchev–Trinajstić information content (AvgIpc) is 2.73. The molecule has 0 aromatic heterocycles. The van der Waals surface area contributed by atoms with E-state index in [4.69, 9.17) is 4.74 Å². The van der Waals surface area contributed by atoms with Crippen LogP contribution >= 0.6 is 0 Å². The monoisotopic (exact) mass is 255 g/mol. The Labute approximate surface area is 109 Å². The first-order valence-corrected chi connectivity index (χ1v) is 6.79. The molecule has 2 fully saturated rings. The van der Waals surface area contributed by atoms with Crippen LogP contribution in [0.3, 0.4) is 0 Å². The molecule has 4 atom stereocenters. The molecule has 0 radical (unpaired) electrons. The molecule has 4 heteroatoms. The highest BCUT2D eigenvalue weighted by atomic mass is 16.5. The van der Waals surface area contributed by atoms with Crippen molar-refractivity contribution in [3.63, 3.8) is 0 Å². The molecule has 0 aromatic rings. The molecule has 0 aliphatic heterocycles. The highest BCUT2D eigenvalue weighted by Gasteiger charge is 2.59. The van der Waals surface area contributed by atoms with E-state index in [-0.39, 0.29) is 23.5 Å². The minimum absolute atomic E-state index is 0.175. The van der Waals surface area contributed by atoms with Gasteiger partial charge in [-0.05, 0) is 36.0 Å². The van der Waals surface area contributed by atoms with Gasteiger partial charge < -0.3 is 9.84 Å². The van der Waals surface area contributed by atoms with Crippen LogP contribution in [-0.2, 0) is 9.53 Å². The van der Waals surface area contributed by atoms with E-state index < -0.39 is 12.0 Å². The van der Waals surface area contributed by atoms with Crippen molar-refractivity contribution in [2.75, 3.05) is 13.7 Å². The minimum atomic E-state index is -0.820. The van der Waals surface area contributed by atoms with Gasteiger partial charge in [-0.15, -0.1) is 0 Å². The summed E-state index contributed by atoms with van der Waals surface area (Å²) < 4.78 is 5.01. The van der Waals surface area contributed by atoms with Crippen molar-refractivity contribution in [1.82, 2.24) is 5.32 Å². The van der Waals surface area contributed by atoms with Crippen molar-refractivity contribution >= 4 is 5.97 Å². The van der Waals surface area contributed by atoms with Gasteiger partial charge in [0.1, 0.15) is 6.04 Å². The van der Waals surface area contributed by atoms with Crippen molar-refractivity contribution in [2.24, 2.45) is 16.7 Å². The number of carboxylic acid groups (broad SMARTS) is 1. The third-order valence-corrected chi connectivity index (χ3v) is 5.27. The Hall–Kier alpha value is -0.610. The van der Waals surface area contributed by atoms with Crippen LogP contribution in [0.15, 0.2) is 0 Å². The molecule has 2 bridgehead atoms. The lowest BCUT2D eigenvalue weighted by Gasteiger charge is -2.44. The predicted molar refractivity (Wildman–Crippen MR) is 69.5 cm³/mol. The Kier molecular flexibility index (Phi) is 3.45. The SMILES string of the molecule is COCC(NC1C2(C)CCC(C2)C1(C)C)C(=O)O. The molecule has 0 aromatic carbocycles. The molecule has 4 nitrogen and oxygen atoms in total. The van der Waals surface area contributed by atoms with Gasteiger partial charge in [0, 0.05) is 13.2 Å². The third kappa shape index (κ3) is 2.05. The van der Waals surface area contributed by atoms with E-state index in [9.17, 15) is 9.90 Å². The zero-order valence-electron chi connectivity index (χ0n) is 11.8. The number of aliphatic carboxylic acids is 1. The molecule has 0 saturated heterocycles. The first kappa shape index (κ1) is 13.8. The largest absolute Gasteiger partial charge is 0.480 e. The Bertz CT molecular complexity index is 337. The number of hydrogen-bond acceptors (Lipinski definition) is 3. The number of nitrogens with one attached hydrogen (secondary N) is 1. The molecular formula is C14H25NO3. The highest BCUT2D eigenvalue weighted by Crippen LogP contribution is 2.62. The van der Waals surface area contributed by atoms with E-state index in [1.165, 1.54) is 19.3 Å². The summed E-state index contributed by atoms with van der Waals surface area (Å²) in [5, 5.41) is 12.6. The van der Waals surface area contributed by atoms with E-state index in [1.807, 2.05) is 0 Å². The van der Waals surface area contributed by atoms with E-state index in [2.05, 4.69) is 26.1 Å². The third-order valence-electron chi connectivity index (χ3n) is 5.27. The van der Waals surface area contributed by atoms with Gasteiger partial charge in [0.25, 0.3) is 0 Å². The van der Waals surface area contributed by atoms with Crippen LogP contribution in [0.2, 0.25) is 0 Å². The Morgan fingerprint density at radius 2 is 2.17 bits per heavy atom. The van der Waals surface area contributed by atoms with Crippen LogP contribution in [0.25, 0.3) is 0 Å². The lowest BCUT2D eigenvalue weighted by molar-refractivity contribution is -0.141. The van der Waals surface area contributed by atoms with Crippen molar-refractivity contribution < 1.29 is 14.6 Å². The maximum absolute atomic E-state index is 11.3. The fourth-order valence-electron chi connectivity index (χ4n) is 4.28. The number of carboxylic acids is 1. The lowest BCUT2D eigenvalue weighted by Crippen LogP contribution is -2.56. The van der Waals surface area contributed by atoms with E-state index in [0.29, 0.717) is 0 Å². The average molecular weight is 255 g/mol. The lowest BCUT2D eigenvalue weighted by atomic mass is 9.68. The second-order valence-corrected chi connectivity index (χ2v) is 6.86. The molecule has 18 heavy (non-hydrogen) atoms. The number of hydrogen-bond donors (Lipinski definition) is 2. The molecule has 0 heterocycles. The Morgan fingerprint density at radius 3 is 2.61 bits per heavy atom. The molecule has 0 amide bonds. The maximum Gasteiger partial charge on any atom is 0.323 e. The highest BCUT2D eigenvalue weighted by molar-refractivity contribution is 5.73. The summed E-state index contributed by atoms with van der Waals surface area (Å²) in [7, 11) is 1.55. The Balaban J connectivity index is 2.14. The van der Waals surface area contributed by atoms with Gasteiger partial charge in [0.2, 0.25) is 0 Å². The van der Waals surface area contributed by atoms with Crippen LogP contribution in [0, 0.1) is 16.7 Å². The van der Waals surface area contributed by atoms with Crippen molar-refractivity contribution in [2.45, 2.75) is 52.1 Å². The second kappa shape index (κ2) is 4.49. The van der Waals surface area contributed by atoms with Gasteiger partial charge in [-0.1, -0.05) is 20.8 Å². The van der Waals surface area contributed by atoms with Gasteiger partial charge in [0.15, 0.2) is 0 Å². The number of methoxy groups -OCH3 is 1. The van der Waals surface area contributed by atoms with Gasteiger partial charge in [-0.3, -0.25) is 10.1 Å². The molecule has 2 N–H and O–H groups in total. The zero-order valence-corrected chi connectivity index (χ0v) is 11.8. The van der Waals surface area contributed by atoms with Crippen molar-refractivity contribution in [3.8, 4) is 0 Å². The van der Waals surface area contributed by atoms with Crippen LogP contribution in [0.4, 0.5) is 0 Å². The summed E-state index contributed by atoms with van der Waals surface area (Å²) in [6.07, 6.45) is 3.71. The van der Waals surface area contributed by atoms with Gasteiger partial charge >= 0.3 is 5.97 Å². The van der Waals surface area contributed by atoms with Crippen LogP contribution in [-0.4, -0.2) is 36.9 Å². The normalized spacial score (nSPS) is 38.9.